The second-order valence-electron chi connectivity index (χ2n) is 6.36. The number of para-hydroxylation sites is 1. The fraction of sp³-hybridized carbons (Fsp3) is 0.0952. The molecule has 2 aromatic carbocycles. The number of hydrogen-bond donors (Lipinski definition) is 0. The SMILES string of the molecule is COc1cccc(-c2noc(COC(=O)c3ccccc3-n3ncc(Cl)c(Cl)c3=O)n2)c1. The molecule has 0 aliphatic rings. The number of carbonyl (C=O) groups excluding carboxylic acids is 1. The molecule has 32 heavy (non-hydrogen) atoms. The fourth-order valence-corrected chi connectivity index (χ4v) is 3.07. The van der Waals surface area contributed by atoms with Crippen molar-refractivity contribution in [1.29, 1.82) is 0 Å². The van der Waals surface area contributed by atoms with Gasteiger partial charge in [-0.25, -0.2) is 4.79 Å². The molecule has 0 fully saturated rings. The lowest BCUT2D eigenvalue weighted by atomic mass is 10.2. The van der Waals surface area contributed by atoms with Gasteiger partial charge < -0.3 is 14.0 Å². The van der Waals surface area contributed by atoms with Crippen LogP contribution < -0.4 is 10.3 Å². The van der Waals surface area contributed by atoms with E-state index >= 15 is 0 Å². The van der Waals surface area contributed by atoms with Gasteiger partial charge in [-0.2, -0.15) is 14.8 Å². The van der Waals surface area contributed by atoms with Crippen molar-refractivity contribution < 1.29 is 18.8 Å². The van der Waals surface area contributed by atoms with E-state index in [2.05, 4.69) is 15.2 Å². The molecule has 0 amide bonds. The number of methoxy groups -OCH3 is 1. The topological polar surface area (TPSA) is 109 Å². The summed E-state index contributed by atoms with van der Waals surface area (Å²) in [5.74, 6) is 0.338. The largest absolute Gasteiger partial charge is 0.497 e. The summed E-state index contributed by atoms with van der Waals surface area (Å²) in [5, 5.41) is 7.64. The Kier molecular flexibility index (Phi) is 6.20. The van der Waals surface area contributed by atoms with E-state index in [4.69, 9.17) is 37.2 Å². The first-order chi connectivity index (χ1) is 15.5. The monoisotopic (exact) mass is 472 g/mol. The van der Waals surface area contributed by atoms with Crippen LogP contribution in [0.3, 0.4) is 0 Å². The number of aromatic nitrogens is 4. The lowest BCUT2D eigenvalue weighted by Crippen LogP contribution is -2.23. The zero-order chi connectivity index (χ0) is 22.7. The van der Waals surface area contributed by atoms with Gasteiger partial charge in [0.1, 0.15) is 10.8 Å². The molecule has 0 radical (unpaired) electrons. The van der Waals surface area contributed by atoms with Gasteiger partial charge in [0.05, 0.1) is 29.6 Å². The number of benzene rings is 2. The van der Waals surface area contributed by atoms with Crippen LogP contribution in [0, 0.1) is 0 Å². The molecule has 0 aliphatic carbocycles. The quantitative estimate of drug-likeness (QED) is 0.387. The molecule has 0 saturated heterocycles. The lowest BCUT2D eigenvalue weighted by Gasteiger charge is -2.10. The van der Waals surface area contributed by atoms with Crippen molar-refractivity contribution in [3.8, 4) is 22.8 Å². The van der Waals surface area contributed by atoms with Gasteiger partial charge in [-0.15, -0.1) is 0 Å². The number of esters is 1. The first-order valence-electron chi connectivity index (χ1n) is 9.15. The van der Waals surface area contributed by atoms with E-state index in [9.17, 15) is 9.59 Å². The maximum atomic E-state index is 12.7. The van der Waals surface area contributed by atoms with Crippen molar-refractivity contribution in [3.05, 3.63) is 86.6 Å². The maximum Gasteiger partial charge on any atom is 0.340 e. The Morgan fingerprint density at radius 2 is 1.97 bits per heavy atom. The Morgan fingerprint density at radius 1 is 1.16 bits per heavy atom. The summed E-state index contributed by atoms with van der Waals surface area (Å²) in [4.78, 5) is 29.3. The third-order valence-corrected chi connectivity index (χ3v) is 5.10. The smallest absolute Gasteiger partial charge is 0.340 e. The van der Waals surface area contributed by atoms with Crippen LogP contribution in [0.4, 0.5) is 0 Å². The number of nitrogens with zero attached hydrogens (tertiary/aromatic N) is 4. The van der Waals surface area contributed by atoms with Crippen LogP contribution in [0.2, 0.25) is 10.0 Å². The van der Waals surface area contributed by atoms with E-state index < -0.39 is 11.5 Å². The number of hydrogen-bond acceptors (Lipinski definition) is 8. The molecule has 4 aromatic rings. The van der Waals surface area contributed by atoms with Crippen molar-refractivity contribution in [3.63, 3.8) is 0 Å². The van der Waals surface area contributed by atoms with Gasteiger partial charge in [0, 0.05) is 5.56 Å². The summed E-state index contributed by atoms with van der Waals surface area (Å²) in [5.41, 5.74) is 0.289. The highest BCUT2D eigenvalue weighted by Gasteiger charge is 2.19. The zero-order valence-electron chi connectivity index (χ0n) is 16.5. The Morgan fingerprint density at radius 3 is 2.78 bits per heavy atom. The molecule has 0 atom stereocenters. The highest BCUT2D eigenvalue weighted by atomic mass is 35.5. The van der Waals surface area contributed by atoms with Crippen LogP contribution in [0.1, 0.15) is 16.2 Å². The molecule has 0 spiro atoms. The Labute approximate surface area is 191 Å². The molecule has 11 heteroatoms. The van der Waals surface area contributed by atoms with Crippen LogP contribution >= 0.6 is 23.2 Å². The molecular formula is C21H14Cl2N4O5. The van der Waals surface area contributed by atoms with Gasteiger partial charge >= 0.3 is 5.97 Å². The van der Waals surface area contributed by atoms with Crippen LogP contribution in [0.15, 0.2) is 64.0 Å². The number of ether oxygens (including phenoxy) is 2. The minimum Gasteiger partial charge on any atom is -0.497 e. The molecule has 0 saturated carbocycles. The molecule has 2 heterocycles. The summed E-state index contributed by atoms with van der Waals surface area (Å²) in [7, 11) is 1.56. The predicted molar refractivity (Wildman–Crippen MR) is 115 cm³/mol. The normalized spacial score (nSPS) is 10.7. The first-order valence-corrected chi connectivity index (χ1v) is 9.90. The molecule has 2 aromatic heterocycles. The van der Waals surface area contributed by atoms with Crippen molar-refractivity contribution >= 4 is 29.2 Å². The fourth-order valence-electron chi connectivity index (χ4n) is 2.81. The molecule has 0 aliphatic heterocycles. The second-order valence-corrected chi connectivity index (χ2v) is 7.15. The van der Waals surface area contributed by atoms with Gasteiger partial charge in [0.25, 0.3) is 11.4 Å². The van der Waals surface area contributed by atoms with E-state index in [-0.39, 0.29) is 33.8 Å². The van der Waals surface area contributed by atoms with E-state index in [1.54, 1.807) is 43.5 Å². The zero-order valence-corrected chi connectivity index (χ0v) is 18.0. The summed E-state index contributed by atoms with van der Waals surface area (Å²) in [6.07, 6.45) is 1.21. The molecule has 162 valence electrons. The van der Waals surface area contributed by atoms with Crippen molar-refractivity contribution in [2.45, 2.75) is 6.61 Å². The predicted octanol–water partition coefficient (Wildman–Crippen LogP) is 3.95. The highest BCUT2D eigenvalue weighted by molar-refractivity contribution is 6.41. The van der Waals surface area contributed by atoms with Gasteiger partial charge in [-0.3, -0.25) is 4.79 Å². The van der Waals surface area contributed by atoms with E-state index in [0.29, 0.717) is 17.1 Å². The van der Waals surface area contributed by atoms with Crippen LogP contribution in [-0.2, 0) is 11.3 Å². The molecule has 9 nitrogen and oxygen atoms in total. The lowest BCUT2D eigenvalue weighted by molar-refractivity contribution is 0.0429. The highest BCUT2D eigenvalue weighted by Crippen LogP contribution is 2.22. The van der Waals surface area contributed by atoms with E-state index in [1.165, 1.54) is 18.3 Å². The standard InChI is InChI=1S/C21H14Cl2N4O5/c1-30-13-6-4-5-12(9-13)19-25-17(32-26-19)11-31-21(29)14-7-2-3-8-16(14)27-20(28)18(23)15(22)10-24-27/h2-10H,11H2,1H3. The number of rotatable bonds is 6. The van der Waals surface area contributed by atoms with Crippen LogP contribution in [0.5, 0.6) is 5.75 Å². The van der Waals surface area contributed by atoms with Gasteiger partial charge in [0.2, 0.25) is 5.82 Å². The molecule has 4 rings (SSSR count). The summed E-state index contributed by atoms with van der Waals surface area (Å²) >= 11 is 11.7. The molecular weight excluding hydrogens is 459 g/mol. The van der Waals surface area contributed by atoms with Crippen LogP contribution in [-0.4, -0.2) is 33.0 Å². The minimum absolute atomic E-state index is 0.0104. The second kappa shape index (κ2) is 9.21. The third kappa shape index (κ3) is 4.34. The van der Waals surface area contributed by atoms with Gasteiger partial charge in [0.15, 0.2) is 6.61 Å². The van der Waals surface area contributed by atoms with E-state index in [0.717, 1.165) is 4.68 Å². The summed E-state index contributed by atoms with van der Waals surface area (Å²) in [6.45, 7) is -0.270. The Bertz CT molecular complexity index is 1350. The van der Waals surface area contributed by atoms with Crippen molar-refractivity contribution in [2.24, 2.45) is 0 Å². The first kappa shape index (κ1) is 21.5. The van der Waals surface area contributed by atoms with E-state index in [1.807, 2.05) is 0 Å². The number of carbonyl (C=O) groups is 1. The summed E-state index contributed by atoms with van der Waals surface area (Å²) in [6, 6.07) is 13.4. The van der Waals surface area contributed by atoms with Crippen molar-refractivity contribution in [2.75, 3.05) is 7.11 Å². The Balaban J connectivity index is 1.53. The Hall–Kier alpha value is -3.69. The third-order valence-electron chi connectivity index (χ3n) is 4.35. The minimum atomic E-state index is -0.721. The van der Waals surface area contributed by atoms with Gasteiger partial charge in [-0.05, 0) is 24.3 Å². The van der Waals surface area contributed by atoms with Crippen molar-refractivity contribution in [1.82, 2.24) is 19.9 Å². The maximum absolute atomic E-state index is 12.7. The average molecular weight is 473 g/mol. The van der Waals surface area contributed by atoms with Gasteiger partial charge in [-0.1, -0.05) is 52.6 Å². The molecule has 0 N–H and O–H groups in total. The van der Waals surface area contributed by atoms with Crippen LogP contribution in [0.25, 0.3) is 17.1 Å². The number of halogens is 2. The average Bonchev–Trinajstić information content (AvgIpc) is 3.30. The molecule has 0 unspecified atom stereocenters. The molecule has 0 bridgehead atoms. The summed E-state index contributed by atoms with van der Waals surface area (Å²) < 4.78 is 16.6.